The van der Waals surface area contributed by atoms with E-state index in [0.29, 0.717) is 0 Å². The first kappa shape index (κ1) is 25.3. The van der Waals surface area contributed by atoms with Crippen LogP contribution in [0.25, 0.3) is 22.5 Å². The highest BCUT2D eigenvalue weighted by atomic mass is 15.5. The van der Waals surface area contributed by atoms with Crippen LogP contribution in [0, 0.1) is 19.8 Å². The summed E-state index contributed by atoms with van der Waals surface area (Å²) in [6.07, 6.45) is 2.10. The van der Waals surface area contributed by atoms with Gasteiger partial charge in [-0.05, 0) is 48.7 Å². The molecule has 7 rings (SSSR count). The molecular weight excluding hydrogens is 500 g/mol. The molecule has 0 aliphatic carbocycles. The molecule has 0 fully saturated rings. The standard InChI is InChI=1S/C37H34N4/c1-6-37(5)26(4)36-40(27-18-8-7-9-19-27)34-35(41(36)31-23-15-14-22-30(31)37)39-33(29-21-13-11-17-25(29)3)32(38-34)28-20-12-10-16-24(28)2/h6-23,26,36H,1H2,2-5H3. The molecule has 0 amide bonds. The fraction of sp³-hybridized carbons (Fsp3) is 0.189. The third kappa shape index (κ3) is 3.67. The number of hydrogen-bond acceptors (Lipinski definition) is 4. The first-order valence-electron chi connectivity index (χ1n) is 14.3. The van der Waals surface area contributed by atoms with Crippen molar-refractivity contribution in [3.8, 4) is 22.5 Å². The highest BCUT2D eigenvalue weighted by Crippen LogP contribution is 2.57. The Balaban J connectivity index is 1.59. The fourth-order valence-corrected chi connectivity index (χ4v) is 6.72. The van der Waals surface area contributed by atoms with Gasteiger partial charge in [-0.1, -0.05) is 105 Å². The van der Waals surface area contributed by atoms with Gasteiger partial charge in [-0.2, -0.15) is 0 Å². The molecule has 4 nitrogen and oxygen atoms in total. The molecule has 202 valence electrons. The Morgan fingerprint density at radius 3 is 1.78 bits per heavy atom. The number of rotatable bonds is 4. The van der Waals surface area contributed by atoms with Gasteiger partial charge in [0.1, 0.15) is 6.17 Å². The summed E-state index contributed by atoms with van der Waals surface area (Å²) in [6, 6.07) is 36.3. The van der Waals surface area contributed by atoms with E-state index in [1.54, 1.807) is 0 Å². The largest absolute Gasteiger partial charge is 0.302 e. The molecule has 0 spiro atoms. The highest BCUT2D eigenvalue weighted by Gasteiger charge is 2.53. The van der Waals surface area contributed by atoms with Crippen LogP contribution in [0.4, 0.5) is 23.0 Å². The molecule has 41 heavy (non-hydrogen) atoms. The minimum absolute atomic E-state index is 0.0258. The van der Waals surface area contributed by atoms with E-state index in [1.807, 2.05) is 0 Å². The molecule has 3 heterocycles. The first-order valence-corrected chi connectivity index (χ1v) is 14.3. The molecule has 2 aliphatic heterocycles. The molecule has 0 radical (unpaired) electrons. The van der Waals surface area contributed by atoms with Gasteiger partial charge in [-0.15, -0.1) is 6.58 Å². The van der Waals surface area contributed by atoms with Gasteiger partial charge in [0.25, 0.3) is 0 Å². The molecule has 3 unspecified atom stereocenters. The lowest BCUT2D eigenvalue weighted by Gasteiger charge is -2.49. The molecule has 2 aliphatic rings. The number of aromatic nitrogens is 2. The van der Waals surface area contributed by atoms with E-state index in [0.717, 1.165) is 45.5 Å². The van der Waals surface area contributed by atoms with Crippen molar-refractivity contribution in [1.29, 1.82) is 0 Å². The number of benzene rings is 4. The summed E-state index contributed by atoms with van der Waals surface area (Å²) < 4.78 is 0. The number of allylic oxidation sites excluding steroid dienone is 1. The van der Waals surface area contributed by atoms with Crippen molar-refractivity contribution in [3.63, 3.8) is 0 Å². The van der Waals surface area contributed by atoms with Gasteiger partial charge in [0.2, 0.25) is 0 Å². The second-order valence-corrected chi connectivity index (χ2v) is 11.5. The smallest absolute Gasteiger partial charge is 0.179 e. The summed E-state index contributed by atoms with van der Waals surface area (Å²) in [4.78, 5) is 15.9. The molecule has 4 heteroatoms. The van der Waals surface area contributed by atoms with Crippen LogP contribution < -0.4 is 9.80 Å². The molecule has 3 atom stereocenters. The number of hydrogen-bond donors (Lipinski definition) is 0. The summed E-state index contributed by atoms with van der Waals surface area (Å²) >= 11 is 0. The van der Waals surface area contributed by atoms with Crippen molar-refractivity contribution in [1.82, 2.24) is 9.97 Å². The zero-order valence-corrected chi connectivity index (χ0v) is 24.0. The zero-order valence-electron chi connectivity index (χ0n) is 24.0. The van der Waals surface area contributed by atoms with Crippen LogP contribution in [-0.4, -0.2) is 16.1 Å². The van der Waals surface area contributed by atoms with E-state index < -0.39 is 0 Å². The van der Waals surface area contributed by atoms with Crippen LogP contribution in [-0.2, 0) is 5.41 Å². The molecule has 5 aromatic rings. The summed E-state index contributed by atoms with van der Waals surface area (Å²) in [5, 5.41) is 0. The minimum atomic E-state index is -0.232. The van der Waals surface area contributed by atoms with E-state index in [-0.39, 0.29) is 17.5 Å². The first-order chi connectivity index (χ1) is 19.9. The lowest BCUT2D eigenvalue weighted by molar-refractivity contribution is 0.312. The fourth-order valence-electron chi connectivity index (χ4n) is 6.72. The van der Waals surface area contributed by atoms with Crippen LogP contribution in [0.1, 0.15) is 30.5 Å². The average molecular weight is 535 g/mol. The average Bonchev–Trinajstić information content (AvgIpc) is 3.34. The maximum atomic E-state index is 5.56. The highest BCUT2D eigenvalue weighted by molar-refractivity contribution is 5.91. The monoisotopic (exact) mass is 534 g/mol. The summed E-state index contributed by atoms with van der Waals surface area (Å²) in [5.74, 6) is 1.96. The van der Waals surface area contributed by atoms with Crippen LogP contribution >= 0.6 is 0 Å². The second-order valence-electron chi connectivity index (χ2n) is 11.5. The van der Waals surface area contributed by atoms with Crippen molar-refractivity contribution < 1.29 is 0 Å². The predicted molar refractivity (Wildman–Crippen MR) is 170 cm³/mol. The second kappa shape index (κ2) is 9.45. The maximum absolute atomic E-state index is 5.56. The SMILES string of the molecule is C=CC1(C)c2ccccc2N2c3nc(-c4ccccc4C)c(-c4ccccc4C)nc3N(c3ccccc3)C2C1C. The van der Waals surface area contributed by atoms with Gasteiger partial charge in [0.05, 0.1) is 11.4 Å². The molecular formula is C37H34N4. The number of nitrogens with zero attached hydrogens (tertiary/aromatic N) is 4. The third-order valence-electron chi connectivity index (χ3n) is 9.24. The molecule has 0 N–H and O–H groups in total. The number of anilines is 4. The quantitative estimate of drug-likeness (QED) is 0.215. The Morgan fingerprint density at radius 2 is 1.20 bits per heavy atom. The lowest BCUT2D eigenvalue weighted by Crippen LogP contribution is -2.54. The number of fused-ring (bicyclic) bond motifs is 5. The van der Waals surface area contributed by atoms with E-state index in [9.17, 15) is 0 Å². The Labute approximate surface area is 242 Å². The van der Waals surface area contributed by atoms with E-state index in [1.165, 1.54) is 16.7 Å². The zero-order chi connectivity index (χ0) is 28.3. The summed E-state index contributed by atoms with van der Waals surface area (Å²) in [6.45, 7) is 13.3. The minimum Gasteiger partial charge on any atom is -0.302 e. The molecule has 0 saturated heterocycles. The van der Waals surface area contributed by atoms with Gasteiger partial charge in [-0.3, -0.25) is 0 Å². The van der Waals surface area contributed by atoms with E-state index in [2.05, 4.69) is 153 Å². The van der Waals surface area contributed by atoms with Gasteiger partial charge in [-0.25, -0.2) is 9.97 Å². The molecule has 0 saturated carbocycles. The molecule has 1 aromatic heterocycles. The third-order valence-corrected chi connectivity index (χ3v) is 9.24. The van der Waals surface area contributed by atoms with Gasteiger partial charge in [0, 0.05) is 33.8 Å². The van der Waals surface area contributed by atoms with Gasteiger partial charge in [0.15, 0.2) is 11.6 Å². The van der Waals surface area contributed by atoms with Crippen molar-refractivity contribution >= 4 is 23.0 Å². The Kier molecular flexibility index (Phi) is 5.83. The van der Waals surface area contributed by atoms with Crippen molar-refractivity contribution in [2.45, 2.75) is 39.3 Å². The lowest BCUT2D eigenvalue weighted by atomic mass is 9.68. The van der Waals surface area contributed by atoms with Gasteiger partial charge >= 0.3 is 0 Å². The van der Waals surface area contributed by atoms with Crippen molar-refractivity contribution in [2.75, 3.05) is 9.80 Å². The van der Waals surface area contributed by atoms with Crippen molar-refractivity contribution in [2.24, 2.45) is 5.92 Å². The van der Waals surface area contributed by atoms with E-state index in [4.69, 9.17) is 9.97 Å². The number of aryl methyl sites for hydroxylation is 2. The maximum Gasteiger partial charge on any atom is 0.179 e. The molecule has 4 aromatic carbocycles. The summed E-state index contributed by atoms with van der Waals surface area (Å²) in [7, 11) is 0. The summed E-state index contributed by atoms with van der Waals surface area (Å²) in [5.41, 5.74) is 9.67. The Morgan fingerprint density at radius 1 is 0.683 bits per heavy atom. The van der Waals surface area contributed by atoms with Crippen LogP contribution in [0.5, 0.6) is 0 Å². The normalized spacial score (nSPS) is 20.8. The van der Waals surface area contributed by atoms with Crippen LogP contribution in [0.3, 0.4) is 0 Å². The van der Waals surface area contributed by atoms with Crippen LogP contribution in [0.15, 0.2) is 116 Å². The Bertz CT molecular complexity index is 1790. The van der Waals surface area contributed by atoms with Gasteiger partial charge < -0.3 is 9.80 Å². The Hall–Kier alpha value is -4.70. The topological polar surface area (TPSA) is 32.3 Å². The predicted octanol–water partition coefficient (Wildman–Crippen LogP) is 9.14. The molecule has 0 bridgehead atoms. The van der Waals surface area contributed by atoms with E-state index >= 15 is 0 Å². The van der Waals surface area contributed by atoms with Crippen LogP contribution in [0.2, 0.25) is 0 Å². The van der Waals surface area contributed by atoms with Crippen molar-refractivity contribution in [3.05, 3.63) is 132 Å². The number of para-hydroxylation sites is 2.